The first-order valence-corrected chi connectivity index (χ1v) is 9.16. The van der Waals surface area contributed by atoms with E-state index in [1.807, 2.05) is 60.7 Å². The number of hydrogen-bond donors (Lipinski definition) is 2. The molecule has 0 aliphatic carbocycles. The molecule has 1 atom stereocenters. The number of β-amino-alcohol motifs (C(OH)–C–C–N with tert-alkyl or cyclic N) is 1. The molecule has 2 saturated heterocycles. The van der Waals surface area contributed by atoms with Crippen LogP contribution in [0, 0.1) is 0 Å². The minimum atomic E-state index is -1.23. The number of aliphatic hydroxyl groups is 1. The highest BCUT2D eigenvalue weighted by Gasteiger charge is 2.54. The van der Waals surface area contributed by atoms with Crippen molar-refractivity contribution in [3.8, 4) is 0 Å². The third kappa shape index (κ3) is 3.46. The highest BCUT2D eigenvalue weighted by atomic mass is 16.3. The summed E-state index contributed by atoms with van der Waals surface area (Å²) >= 11 is 0. The molecular formula is C21H23N3O3. The summed E-state index contributed by atoms with van der Waals surface area (Å²) in [5.41, 5.74) is 0.681. The van der Waals surface area contributed by atoms with Crippen molar-refractivity contribution in [3.63, 3.8) is 0 Å². The molecule has 0 unspecified atom stereocenters. The monoisotopic (exact) mass is 365 g/mol. The van der Waals surface area contributed by atoms with E-state index in [-0.39, 0.29) is 18.4 Å². The summed E-state index contributed by atoms with van der Waals surface area (Å²) in [4.78, 5) is 29.3. The summed E-state index contributed by atoms with van der Waals surface area (Å²) in [7, 11) is 0. The minimum absolute atomic E-state index is 0.0283. The van der Waals surface area contributed by atoms with Crippen molar-refractivity contribution >= 4 is 11.8 Å². The SMILES string of the molecule is O=C1[C@H](C2(O)CNC2)N(Cc2ccccc2)C(=O)CN1Cc1ccccc1. The van der Waals surface area contributed by atoms with Crippen LogP contribution in [0.15, 0.2) is 60.7 Å². The summed E-state index contributed by atoms with van der Waals surface area (Å²) in [5.74, 6) is -0.335. The Kier molecular flexibility index (Phi) is 4.68. The lowest BCUT2D eigenvalue weighted by Gasteiger charge is -2.51. The van der Waals surface area contributed by atoms with Crippen LogP contribution in [0.25, 0.3) is 0 Å². The van der Waals surface area contributed by atoms with Crippen LogP contribution in [0.5, 0.6) is 0 Å². The zero-order chi connectivity index (χ0) is 18.9. The smallest absolute Gasteiger partial charge is 0.249 e. The van der Waals surface area contributed by atoms with Gasteiger partial charge in [-0.15, -0.1) is 0 Å². The summed E-state index contributed by atoms with van der Waals surface area (Å²) in [6.45, 7) is 1.32. The van der Waals surface area contributed by atoms with Crippen molar-refractivity contribution in [2.45, 2.75) is 24.7 Å². The van der Waals surface area contributed by atoms with Crippen molar-refractivity contribution < 1.29 is 14.7 Å². The molecule has 0 spiro atoms. The zero-order valence-electron chi connectivity index (χ0n) is 15.0. The van der Waals surface area contributed by atoms with Gasteiger partial charge >= 0.3 is 0 Å². The third-order valence-corrected chi connectivity index (χ3v) is 5.29. The number of rotatable bonds is 5. The van der Waals surface area contributed by atoms with Gasteiger partial charge < -0.3 is 20.2 Å². The number of nitrogens with one attached hydrogen (secondary N) is 1. The van der Waals surface area contributed by atoms with E-state index in [0.717, 1.165) is 11.1 Å². The first kappa shape index (κ1) is 17.7. The van der Waals surface area contributed by atoms with Crippen LogP contribution >= 0.6 is 0 Å². The van der Waals surface area contributed by atoms with Crippen LogP contribution in [-0.2, 0) is 22.7 Å². The first-order valence-electron chi connectivity index (χ1n) is 9.16. The molecule has 2 aliphatic heterocycles. The predicted molar refractivity (Wildman–Crippen MR) is 100 cm³/mol. The third-order valence-electron chi connectivity index (χ3n) is 5.29. The van der Waals surface area contributed by atoms with Gasteiger partial charge in [-0.1, -0.05) is 60.7 Å². The minimum Gasteiger partial charge on any atom is -0.384 e. The van der Waals surface area contributed by atoms with Gasteiger partial charge in [-0.05, 0) is 11.1 Å². The number of carbonyl (C=O) groups excluding carboxylic acids is 2. The van der Waals surface area contributed by atoms with Gasteiger partial charge in [-0.3, -0.25) is 9.59 Å². The quantitative estimate of drug-likeness (QED) is 0.821. The maximum absolute atomic E-state index is 13.3. The molecule has 6 heteroatoms. The van der Waals surface area contributed by atoms with Crippen molar-refractivity contribution in [2.24, 2.45) is 0 Å². The van der Waals surface area contributed by atoms with Crippen LogP contribution in [-0.4, -0.2) is 58.0 Å². The van der Waals surface area contributed by atoms with Gasteiger partial charge in [0.15, 0.2) is 0 Å². The van der Waals surface area contributed by atoms with Crippen LogP contribution < -0.4 is 5.32 Å². The highest BCUT2D eigenvalue weighted by Crippen LogP contribution is 2.28. The number of benzene rings is 2. The van der Waals surface area contributed by atoms with Crippen LogP contribution in [0.4, 0.5) is 0 Å². The van der Waals surface area contributed by atoms with E-state index in [4.69, 9.17) is 0 Å². The Bertz CT molecular complexity index is 821. The molecule has 2 N–H and O–H groups in total. The summed E-state index contributed by atoms with van der Waals surface area (Å²) < 4.78 is 0. The molecule has 2 aromatic carbocycles. The lowest BCUT2D eigenvalue weighted by atomic mass is 9.84. The van der Waals surface area contributed by atoms with Crippen LogP contribution in [0.2, 0.25) is 0 Å². The Balaban J connectivity index is 1.61. The Morgan fingerprint density at radius 2 is 1.48 bits per heavy atom. The van der Waals surface area contributed by atoms with Gasteiger partial charge in [0.25, 0.3) is 0 Å². The standard InChI is InChI=1S/C21H23N3O3/c25-18-13-23(11-16-7-3-1-4-8-16)20(26)19(21(27)14-22-15-21)24(18)12-17-9-5-2-6-10-17/h1-10,19,22,27H,11-15H2/t19-/m1/s1. The van der Waals surface area contributed by atoms with Gasteiger partial charge in [0.1, 0.15) is 18.2 Å². The maximum atomic E-state index is 13.3. The van der Waals surface area contributed by atoms with E-state index < -0.39 is 11.6 Å². The van der Waals surface area contributed by atoms with Gasteiger partial charge in [0.2, 0.25) is 11.8 Å². The molecule has 0 aromatic heterocycles. The second-order valence-electron chi connectivity index (χ2n) is 7.30. The molecule has 2 heterocycles. The Hall–Kier alpha value is -2.70. The van der Waals surface area contributed by atoms with E-state index in [9.17, 15) is 14.7 Å². The lowest BCUT2D eigenvalue weighted by molar-refractivity contribution is -0.174. The van der Waals surface area contributed by atoms with Crippen molar-refractivity contribution in [1.29, 1.82) is 0 Å². The molecular weight excluding hydrogens is 342 g/mol. The number of nitrogens with zero attached hydrogens (tertiary/aromatic N) is 2. The maximum Gasteiger partial charge on any atom is 0.249 e. The van der Waals surface area contributed by atoms with E-state index >= 15 is 0 Å². The number of carbonyl (C=O) groups is 2. The highest BCUT2D eigenvalue weighted by molar-refractivity contribution is 5.96. The first-order chi connectivity index (χ1) is 13.1. The number of piperazine rings is 1. The molecule has 6 nitrogen and oxygen atoms in total. The summed E-state index contributed by atoms with van der Waals surface area (Å²) in [6.07, 6.45) is 0. The predicted octanol–water partition coefficient (Wildman–Crippen LogP) is 0.761. The molecule has 0 radical (unpaired) electrons. The zero-order valence-corrected chi connectivity index (χ0v) is 15.0. The molecule has 0 bridgehead atoms. The van der Waals surface area contributed by atoms with Gasteiger partial charge in [0, 0.05) is 26.2 Å². The van der Waals surface area contributed by atoms with Gasteiger partial charge in [-0.25, -0.2) is 0 Å². The van der Waals surface area contributed by atoms with E-state index in [0.29, 0.717) is 26.2 Å². The topological polar surface area (TPSA) is 72.9 Å². The van der Waals surface area contributed by atoms with Crippen molar-refractivity contribution in [3.05, 3.63) is 71.8 Å². The molecule has 2 aromatic rings. The Morgan fingerprint density at radius 1 is 0.926 bits per heavy atom. The molecule has 2 fully saturated rings. The molecule has 140 valence electrons. The number of hydrogen-bond acceptors (Lipinski definition) is 4. The largest absolute Gasteiger partial charge is 0.384 e. The molecule has 0 saturated carbocycles. The molecule has 4 rings (SSSR count). The van der Waals surface area contributed by atoms with Crippen molar-refractivity contribution in [2.75, 3.05) is 19.6 Å². The van der Waals surface area contributed by atoms with Crippen LogP contribution in [0.1, 0.15) is 11.1 Å². The van der Waals surface area contributed by atoms with Gasteiger partial charge in [0.05, 0.1) is 0 Å². The summed E-state index contributed by atoms with van der Waals surface area (Å²) in [5, 5.41) is 14.0. The lowest BCUT2D eigenvalue weighted by Crippen LogP contribution is -2.76. The van der Waals surface area contributed by atoms with E-state index in [2.05, 4.69) is 5.32 Å². The average Bonchev–Trinajstić information content (AvgIpc) is 2.66. The normalized spacial score (nSPS) is 21.9. The molecule has 2 amide bonds. The van der Waals surface area contributed by atoms with Crippen LogP contribution in [0.3, 0.4) is 0 Å². The summed E-state index contributed by atoms with van der Waals surface area (Å²) in [6, 6.07) is 18.3. The fraction of sp³-hybridized carbons (Fsp3) is 0.333. The molecule has 27 heavy (non-hydrogen) atoms. The van der Waals surface area contributed by atoms with E-state index in [1.54, 1.807) is 9.80 Å². The second kappa shape index (κ2) is 7.13. The second-order valence-corrected chi connectivity index (χ2v) is 7.30. The fourth-order valence-corrected chi connectivity index (χ4v) is 3.77. The Morgan fingerprint density at radius 3 is 2.00 bits per heavy atom. The fourth-order valence-electron chi connectivity index (χ4n) is 3.77. The average molecular weight is 365 g/mol. The molecule has 2 aliphatic rings. The number of amides is 2. The van der Waals surface area contributed by atoms with Crippen molar-refractivity contribution in [1.82, 2.24) is 15.1 Å². The van der Waals surface area contributed by atoms with E-state index in [1.165, 1.54) is 0 Å². The Labute approximate surface area is 158 Å². The van der Waals surface area contributed by atoms with Gasteiger partial charge in [-0.2, -0.15) is 0 Å².